The lowest BCUT2D eigenvalue weighted by Crippen LogP contribution is -2.10. The molecule has 0 unspecified atom stereocenters. The third kappa shape index (κ3) is 1.20. The van der Waals surface area contributed by atoms with Gasteiger partial charge >= 0.3 is 5.76 Å². The number of hydrogen-bond acceptors (Lipinski definition) is 3. The molecule has 0 radical (unpaired) electrons. The summed E-state index contributed by atoms with van der Waals surface area (Å²) in [6.07, 6.45) is 0. The molecule has 0 fully saturated rings. The first-order valence-corrected chi connectivity index (χ1v) is 3.64. The van der Waals surface area contributed by atoms with Crippen molar-refractivity contribution in [3.63, 3.8) is 0 Å². The Morgan fingerprint density at radius 3 is 3.00 bits per heavy atom. The lowest BCUT2D eigenvalue weighted by molar-refractivity contribution is 0.555. The van der Waals surface area contributed by atoms with Gasteiger partial charge in [-0.15, -0.1) is 0 Å². The maximum Gasteiger partial charge on any atom is 0.417 e. The Bertz CT molecular complexity index is 523. The minimum absolute atomic E-state index is 0.0502. The van der Waals surface area contributed by atoms with Gasteiger partial charge in [-0.05, 0) is 18.2 Å². The van der Waals surface area contributed by atoms with Crippen molar-refractivity contribution in [2.75, 3.05) is 0 Å². The molecule has 2 rings (SSSR count). The Kier molecular flexibility index (Phi) is 1.45. The molecule has 4 N–H and O–H groups in total. The molecule has 0 aliphatic carbocycles. The van der Waals surface area contributed by atoms with Crippen LogP contribution in [0.1, 0.15) is 5.56 Å². The highest BCUT2D eigenvalue weighted by atomic mass is 16.4. The average molecular weight is 177 g/mol. The summed E-state index contributed by atoms with van der Waals surface area (Å²) < 4.78 is 4.80. The Labute approximate surface area is 72.7 Å². The summed E-state index contributed by atoms with van der Waals surface area (Å²) >= 11 is 0. The van der Waals surface area contributed by atoms with Crippen LogP contribution in [0, 0.1) is 5.41 Å². The van der Waals surface area contributed by atoms with Crippen LogP contribution in [0.4, 0.5) is 0 Å². The first kappa shape index (κ1) is 7.60. The van der Waals surface area contributed by atoms with Crippen molar-refractivity contribution in [3.8, 4) is 0 Å². The number of aromatic nitrogens is 1. The lowest BCUT2D eigenvalue weighted by Gasteiger charge is -1.95. The second kappa shape index (κ2) is 2.48. The van der Waals surface area contributed by atoms with Gasteiger partial charge in [-0.2, -0.15) is 0 Å². The second-order valence-corrected chi connectivity index (χ2v) is 2.64. The van der Waals surface area contributed by atoms with E-state index in [9.17, 15) is 4.79 Å². The third-order valence-corrected chi connectivity index (χ3v) is 1.73. The molecule has 0 aliphatic rings. The summed E-state index contributed by atoms with van der Waals surface area (Å²) in [4.78, 5) is 13.3. The van der Waals surface area contributed by atoms with E-state index in [0.717, 1.165) is 0 Å². The van der Waals surface area contributed by atoms with Gasteiger partial charge in [-0.25, -0.2) is 4.79 Å². The topological polar surface area (TPSA) is 95.9 Å². The van der Waals surface area contributed by atoms with Crippen molar-refractivity contribution in [2.24, 2.45) is 5.73 Å². The van der Waals surface area contributed by atoms with Crippen molar-refractivity contribution in [1.82, 2.24) is 4.98 Å². The van der Waals surface area contributed by atoms with E-state index in [2.05, 4.69) is 4.98 Å². The van der Waals surface area contributed by atoms with E-state index in [1.807, 2.05) is 0 Å². The van der Waals surface area contributed by atoms with Crippen LogP contribution in [0.5, 0.6) is 0 Å². The van der Waals surface area contributed by atoms with Crippen LogP contribution in [0.3, 0.4) is 0 Å². The van der Waals surface area contributed by atoms with E-state index in [0.29, 0.717) is 16.7 Å². The SMILES string of the molecule is N=C(N)c1ccc2[nH]c(=O)oc2c1. The van der Waals surface area contributed by atoms with Crippen LogP contribution in [-0.2, 0) is 0 Å². The van der Waals surface area contributed by atoms with Crippen molar-refractivity contribution < 1.29 is 4.42 Å². The average Bonchev–Trinajstić information content (AvgIpc) is 2.42. The molecule has 0 saturated carbocycles. The van der Waals surface area contributed by atoms with Gasteiger partial charge in [0, 0.05) is 5.56 Å². The van der Waals surface area contributed by atoms with E-state index in [-0.39, 0.29) is 5.84 Å². The maximum absolute atomic E-state index is 10.8. The van der Waals surface area contributed by atoms with Crippen LogP contribution >= 0.6 is 0 Å². The number of amidine groups is 1. The molecule has 5 heteroatoms. The number of oxazole rings is 1. The Hall–Kier alpha value is -2.04. The van der Waals surface area contributed by atoms with Gasteiger partial charge in [0.15, 0.2) is 5.58 Å². The van der Waals surface area contributed by atoms with Gasteiger partial charge in [-0.3, -0.25) is 10.4 Å². The van der Waals surface area contributed by atoms with Crippen LogP contribution in [0.2, 0.25) is 0 Å². The molecule has 0 atom stereocenters. The monoisotopic (exact) mass is 177 g/mol. The molecule has 0 saturated heterocycles. The molecule has 66 valence electrons. The molecule has 1 aromatic carbocycles. The zero-order valence-corrected chi connectivity index (χ0v) is 6.63. The Morgan fingerprint density at radius 1 is 1.54 bits per heavy atom. The predicted octanol–water partition coefficient (Wildman–Crippen LogP) is 0.405. The first-order chi connectivity index (χ1) is 6.16. The number of nitrogen functional groups attached to an aromatic ring is 1. The fraction of sp³-hybridized carbons (Fsp3) is 0. The number of fused-ring (bicyclic) bond motifs is 1. The number of hydrogen-bond donors (Lipinski definition) is 3. The zero-order chi connectivity index (χ0) is 9.42. The zero-order valence-electron chi connectivity index (χ0n) is 6.63. The highest BCUT2D eigenvalue weighted by molar-refractivity contribution is 5.97. The van der Waals surface area contributed by atoms with Crippen LogP contribution < -0.4 is 11.5 Å². The largest absolute Gasteiger partial charge is 0.417 e. The highest BCUT2D eigenvalue weighted by Gasteiger charge is 2.02. The standard InChI is InChI=1S/C8H7N3O2/c9-7(10)4-1-2-5-6(3-4)13-8(12)11-5/h1-3H,(H3,9,10)(H,11,12). The van der Waals surface area contributed by atoms with Gasteiger partial charge in [0.05, 0.1) is 5.52 Å². The Morgan fingerprint density at radius 2 is 2.31 bits per heavy atom. The molecular formula is C8H7N3O2. The molecule has 0 amide bonds. The summed E-state index contributed by atoms with van der Waals surface area (Å²) in [5, 5.41) is 7.17. The van der Waals surface area contributed by atoms with E-state index < -0.39 is 5.76 Å². The summed E-state index contributed by atoms with van der Waals surface area (Å²) in [5.41, 5.74) is 6.82. The summed E-state index contributed by atoms with van der Waals surface area (Å²) in [5.74, 6) is -0.554. The van der Waals surface area contributed by atoms with E-state index in [4.69, 9.17) is 15.6 Å². The highest BCUT2D eigenvalue weighted by Crippen LogP contribution is 2.11. The van der Waals surface area contributed by atoms with E-state index in [1.54, 1.807) is 18.2 Å². The van der Waals surface area contributed by atoms with Gasteiger partial charge < -0.3 is 10.2 Å². The number of nitrogens with one attached hydrogen (secondary N) is 2. The summed E-state index contributed by atoms with van der Waals surface area (Å²) in [7, 11) is 0. The lowest BCUT2D eigenvalue weighted by atomic mass is 10.2. The summed E-state index contributed by atoms with van der Waals surface area (Å²) in [6, 6.07) is 4.85. The fourth-order valence-corrected chi connectivity index (χ4v) is 1.11. The maximum atomic E-state index is 10.8. The van der Waals surface area contributed by atoms with Crippen LogP contribution in [0.25, 0.3) is 11.1 Å². The van der Waals surface area contributed by atoms with E-state index >= 15 is 0 Å². The second-order valence-electron chi connectivity index (χ2n) is 2.64. The van der Waals surface area contributed by atoms with Crippen molar-refractivity contribution in [3.05, 3.63) is 34.3 Å². The number of H-pyrrole nitrogens is 1. The minimum atomic E-state index is -0.504. The Balaban J connectivity index is 2.74. The quantitative estimate of drug-likeness (QED) is 0.434. The van der Waals surface area contributed by atoms with Gasteiger partial charge in [0.25, 0.3) is 0 Å². The van der Waals surface area contributed by atoms with Gasteiger partial charge in [-0.1, -0.05) is 0 Å². The molecule has 0 aliphatic heterocycles. The molecule has 13 heavy (non-hydrogen) atoms. The fourth-order valence-electron chi connectivity index (χ4n) is 1.11. The third-order valence-electron chi connectivity index (χ3n) is 1.73. The van der Waals surface area contributed by atoms with Gasteiger partial charge in [0.1, 0.15) is 5.84 Å². The van der Waals surface area contributed by atoms with Crippen molar-refractivity contribution in [1.29, 1.82) is 5.41 Å². The van der Waals surface area contributed by atoms with Crippen LogP contribution in [0.15, 0.2) is 27.4 Å². The number of rotatable bonds is 1. The number of benzene rings is 1. The van der Waals surface area contributed by atoms with Crippen molar-refractivity contribution in [2.45, 2.75) is 0 Å². The molecule has 2 aromatic rings. The molecule has 5 nitrogen and oxygen atoms in total. The number of nitrogens with two attached hydrogens (primary N) is 1. The van der Waals surface area contributed by atoms with E-state index in [1.165, 1.54) is 0 Å². The molecule has 1 heterocycles. The van der Waals surface area contributed by atoms with Gasteiger partial charge in [0.2, 0.25) is 0 Å². The predicted molar refractivity (Wildman–Crippen MR) is 47.9 cm³/mol. The van der Waals surface area contributed by atoms with Crippen molar-refractivity contribution >= 4 is 16.9 Å². The molecule has 0 spiro atoms. The smallest absolute Gasteiger partial charge is 0.408 e. The first-order valence-electron chi connectivity index (χ1n) is 3.64. The normalized spacial score (nSPS) is 10.5. The molecule has 0 bridgehead atoms. The summed E-state index contributed by atoms with van der Waals surface area (Å²) in [6.45, 7) is 0. The minimum Gasteiger partial charge on any atom is -0.408 e. The molecule has 1 aromatic heterocycles. The molecular weight excluding hydrogens is 170 g/mol. The van der Waals surface area contributed by atoms with Crippen LogP contribution in [-0.4, -0.2) is 10.8 Å². The number of aromatic amines is 1.